The molecule has 0 bridgehead atoms. The molecule has 0 aliphatic heterocycles. The van der Waals surface area contributed by atoms with Crippen LogP contribution in [0.4, 0.5) is 13.2 Å². The van der Waals surface area contributed by atoms with E-state index in [-0.39, 0.29) is 5.75 Å². The molecule has 0 N–H and O–H groups in total. The van der Waals surface area contributed by atoms with Crippen LogP contribution in [0.25, 0.3) is 0 Å². The molecule has 2 unspecified atom stereocenters. The number of ether oxygens (including phenoxy) is 2. The highest BCUT2D eigenvalue weighted by atomic mass is 31.2. The first-order valence-electron chi connectivity index (χ1n) is 12.4. The largest absolute Gasteiger partial charge is 0.573 e. The molecule has 0 radical (unpaired) electrons. The minimum Gasteiger partial charge on any atom is -0.496 e. The summed E-state index contributed by atoms with van der Waals surface area (Å²) in [6.07, 6.45) is -2.97. The van der Waals surface area contributed by atoms with Crippen molar-refractivity contribution in [1.29, 1.82) is 0 Å². The highest BCUT2D eigenvalue weighted by Crippen LogP contribution is 2.56. The van der Waals surface area contributed by atoms with Gasteiger partial charge in [-0.3, -0.25) is 0 Å². The summed E-state index contributed by atoms with van der Waals surface area (Å²) in [6, 6.07) is 34.4. The van der Waals surface area contributed by atoms with Crippen molar-refractivity contribution in [2.24, 2.45) is 0 Å². The van der Waals surface area contributed by atoms with Crippen LogP contribution in [0, 0.1) is 0 Å². The lowest BCUT2D eigenvalue weighted by Crippen LogP contribution is -2.34. The van der Waals surface area contributed by atoms with Gasteiger partial charge in [-0.25, -0.2) is 4.44 Å². The first kappa shape index (κ1) is 28.1. The van der Waals surface area contributed by atoms with Crippen LogP contribution < -0.4 is 30.7 Å². The molecule has 198 valence electrons. The summed E-state index contributed by atoms with van der Waals surface area (Å²) in [5, 5.41) is 3.60. The molecule has 4 aromatic carbocycles. The third-order valence-electron chi connectivity index (χ3n) is 5.81. The zero-order valence-electron chi connectivity index (χ0n) is 21.3. The topological polar surface area (TPSA) is 21.7 Å². The maximum Gasteiger partial charge on any atom is 0.573 e. The number of hydrogen-bond donors (Lipinski definition) is 0. The first-order chi connectivity index (χ1) is 18.4. The molecule has 0 fully saturated rings. The molecule has 0 aliphatic rings. The van der Waals surface area contributed by atoms with E-state index in [9.17, 15) is 13.2 Å². The molecule has 0 aromatic heterocycles. The Balaban J connectivity index is 1.99. The Bertz CT molecular complexity index is 1290. The standard InChI is InChI=1S/C30H30F3NO2P2/c1-3-4-23-34(37(24-15-7-5-8-16-24)28-21-13-11-19-26(28)35-2)38(25-17-9-6-10-18-25)29-22-14-12-20-27(29)36-30(31,32)33/h5-22H,3-4,23H2,1-2H3. The van der Waals surface area contributed by atoms with Crippen LogP contribution in [-0.2, 0) is 0 Å². The van der Waals surface area contributed by atoms with Crippen LogP contribution in [-0.4, -0.2) is 24.5 Å². The van der Waals surface area contributed by atoms with Crippen molar-refractivity contribution in [1.82, 2.24) is 4.44 Å². The molecule has 4 aromatic rings. The molecule has 4 rings (SSSR count). The minimum absolute atomic E-state index is 0.167. The summed E-state index contributed by atoms with van der Waals surface area (Å²) in [6.45, 7) is 2.81. The summed E-state index contributed by atoms with van der Waals surface area (Å²) in [7, 11) is -0.953. The molecule has 0 saturated heterocycles. The Morgan fingerprint density at radius 2 is 1.11 bits per heavy atom. The molecule has 0 aliphatic carbocycles. The molecule has 0 saturated carbocycles. The minimum atomic E-state index is -4.80. The second-order valence-electron chi connectivity index (χ2n) is 8.43. The fourth-order valence-corrected chi connectivity index (χ4v) is 10.4. The molecule has 8 heteroatoms. The van der Waals surface area contributed by atoms with Crippen LogP contribution in [0.15, 0.2) is 109 Å². The Hall–Kier alpha value is -2.91. The Morgan fingerprint density at radius 3 is 1.58 bits per heavy atom. The van der Waals surface area contributed by atoms with Gasteiger partial charge in [-0.15, -0.1) is 13.2 Å². The van der Waals surface area contributed by atoms with E-state index in [1.807, 2.05) is 66.7 Å². The third kappa shape index (κ3) is 6.94. The molecule has 2 atom stereocenters. The SMILES string of the molecule is CCCCN(P(c1ccccc1)c1ccccc1OC)P(c1ccccc1)c1ccccc1OC(F)(F)F. The number of methoxy groups -OCH3 is 1. The Labute approximate surface area is 224 Å². The highest BCUT2D eigenvalue weighted by molar-refractivity contribution is 7.84. The van der Waals surface area contributed by atoms with Crippen molar-refractivity contribution >= 4 is 37.4 Å². The predicted octanol–water partition coefficient (Wildman–Crippen LogP) is 7.09. The fourth-order valence-electron chi connectivity index (χ4n) is 4.17. The van der Waals surface area contributed by atoms with Gasteiger partial charge in [0, 0.05) is 33.3 Å². The first-order valence-corrected chi connectivity index (χ1v) is 15.0. The smallest absolute Gasteiger partial charge is 0.496 e. The highest BCUT2D eigenvalue weighted by Gasteiger charge is 2.37. The normalized spacial score (nSPS) is 13.2. The van der Waals surface area contributed by atoms with Gasteiger partial charge in [0.1, 0.15) is 11.5 Å². The number of rotatable bonds is 11. The Kier molecular flexibility index (Phi) is 9.80. The van der Waals surface area contributed by atoms with Gasteiger partial charge in [0.05, 0.1) is 7.11 Å². The van der Waals surface area contributed by atoms with Gasteiger partial charge in [-0.1, -0.05) is 98.3 Å². The fraction of sp³-hybridized carbons (Fsp3) is 0.200. The van der Waals surface area contributed by atoms with Crippen LogP contribution >= 0.6 is 16.1 Å². The van der Waals surface area contributed by atoms with Gasteiger partial charge < -0.3 is 9.47 Å². The average Bonchev–Trinajstić information content (AvgIpc) is 2.93. The predicted molar refractivity (Wildman–Crippen MR) is 153 cm³/mol. The molecule has 3 nitrogen and oxygen atoms in total. The van der Waals surface area contributed by atoms with Crippen molar-refractivity contribution in [3.05, 3.63) is 109 Å². The summed E-state index contributed by atoms with van der Waals surface area (Å²) in [4.78, 5) is 0. The van der Waals surface area contributed by atoms with Gasteiger partial charge in [0.25, 0.3) is 0 Å². The zero-order chi connectivity index (χ0) is 27.0. The maximum absolute atomic E-state index is 13.5. The van der Waals surface area contributed by atoms with E-state index < -0.39 is 22.5 Å². The number of unbranched alkanes of at least 4 members (excludes halogenated alkanes) is 1. The van der Waals surface area contributed by atoms with Gasteiger partial charge >= 0.3 is 6.36 Å². The van der Waals surface area contributed by atoms with Gasteiger partial charge in [0.15, 0.2) is 0 Å². The molecular weight excluding hydrogens is 525 g/mol. The van der Waals surface area contributed by atoms with E-state index >= 15 is 0 Å². The van der Waals surface area contributed by atoms with Crippen LogP contribution in [0.5, 0.6) is 11.5 Å². The number of para-hydroxylation sites is 2. The van der Waals surface area contributed by atoms with Gasteiger partial charge in [-0.2, -0.15) is 0 Å². The van der Waals surface area contributed by atoms with Gasteiger partial charge in [-0.05, 0) is 41.3 Å². The number of alkyl halides is 3. The second kappa shape index (κ2) is 13.2. The summed E-state index contributed by atoms with van der Waals surface area (Å²) in [5.41, 5.74) is 0. The number of benzene rings is 4. The number of hydrogen-bond acceptors (Lipinski definition) is 3. The summed E-state index contributed by atoms with van der Waals surface area (Å²) >= 11 is 0. The lowest BCUT2D eigenvalue weighted by molar-refractivity contribution is -0.274. The quantitative estimate of drug-likeness (QED) is 0.185. The lowest BCUT2D eigenvalue weighted by atomic mass is 10.3. The number of nitrogens with zero attached hydrogens (tertiary/aromatic N) is 1. The van der Waals surface area contributed by atoms with E-state index in [0.29, 0.717) is 11.8 Å². The van der Waals surface area contributed by atoms with Crippen LogP contribution in [0.2, 0.25) is 0 Å². The monoisotopic (exact) mass is 555 g/mol. The van der Waals surface area contributed by atoms with Crippen molar-refractivity contribution in [3.8, 4) is 11.5 Å². The average molecular weight is 556 g/mol. The summed E-state index contributed by atoms with van der Waals surface area (Å²) in [5.74, 6) is 0.589. The number of halogens is 3. The lowest BCUT2D eigenvalue weighted by Gasteiger charge is -2.39. The van der Waals surface area contributed by atoms with Crippen molar-refractivity contribution in [3.63, 3.8) is 0 Å². The van der Waals surface area contributed by atoms with Crippen molar-refractivity contribution in [2.45, 2.75) is 26.1 Å². The summed E-state index contributed by atoms with van der Waals surface area (Å²) < 4.78 is 53.4. The van der Waals surface area contributed by atoms with E-state index in [0.717, 1.165) is 34.5 Å². The zero-order valence-corrected chi connectivity index (χ0v) is 23.1. The molecular formula is C30H30F3NO2P2. The van der Waals surface area contributed by atoms with Gasteiger partial charge in [0.2, 0.25) is 0 Å². The van der Waals surface area contributed by atoms with Crippen LogP contribution in [0.3, 0.4) is 0 Å². The van der Waals surface area contributed by atoms with E-state index in [1.165, 1.54) is 6.07 Å². The van der Waals surface area contributed by atoms with E-state index in [2.05, 4.69) is 34.3 Å². The molecule has 0 spiro atoms. The molecule has 0 heterocycles. The third-order valence-corrected chi connectivity index (χ3v) is 11.4. The Morgan fingerprint density at radius 1 is 0.658 bits per heavy atom. The van der Waals surface area contributed by atoms with Crippen molar-refractivity contribution < 1.29 is 22.6 Å². The van der Waals surface area contributed by atoms with E-state index in [1.54, 1.807) is 25.3 Å². The molecule has 0 amide bonds. The van der Waals surface area contributed by atoms with E-state index in [4.69, 9.17) is 4.74 Å². The molecule has 38 heavy (non-hydrogen) atoms. The maximum atomic E-state index is 13.5. The second-order valence-corrected chi connectivity index (χ2v) is 13.0. The van der Waals surface area contributed by atoms with Crippen LogP contribution in [0.1, 0.15) is 19.8 Å². The van der Waals surface area contributed by atoms with Crippen molar-refractivity contribution in [2.75, 3.05) is 13.7 Å².